The molecule has 0 unspecified atom stereocenters. The van der Waals surface area contributed by atoms with Gasteiger partial charge in [-0.2, -0.15) is 0 Å². The second-order valence-electron chi connectivity index (χ2n) is 4.85. The largest absolute Gasteiger partial charge is 0.496 e. The van der Waals surface area contributed by atoms with Gasteiger partial charge in [0.1, 0.15) is 5.75 Å². The summed E-state index contributed by atoms with van der Waals surface area (Å²) in [7, 11) is 3.55. The van der Waals surface area contributed by atoms with E-state index in [-0.39, 0.29) is 5.91 Å². The van der Waals surface area contributed by atoms with Crippen LogP contribution < -0.4 is 10.1 Å². The highest BCUT2D eigenvalue weighted by molar-refractivity contribution is 6.06. The molecule has 0 aliphatic carbocycles. The van der Waals surface area contributed by atoms with E-state index in [1.54, 1.807) is 19.2 Å². The molecular formula is C17H16N2O2. The maximum Gasteiger partial charge on any atom is 0.259 e. The quantitative estimate of drug-likeness (QED) is 0.798. The van der Waals surface area contributed by atoms with Crippen LogP contribution in [-0.2, 0) is 7.05 Å². The molecule has 4 heteroatoms. The van der Waals surface area contributed by atoms with Crippen molar-refractivity contribution in [3.63, 3.8) is 0 Å². The van der Waals surface area contributed by atoms with E-state index in [1.807, 2.05) is 54.2 Å². The third-order valence-electron chi connectivity index (χ3n) is 3.49. The molecule has 0 spiro atoms. The Hall–Kier alpha value is -2.75. The van der Waals surface area contributed by atoms with E-state index in [1.165, 1.54) is 0 Å². The van der Waals surface area contributed by atoms with Gasteiger partial charge in [0, 0.05) is 29.8 Å². The van der Waals surface area contributed by atoms with Gasteiger partial charge in [-0.05, 0) is 36.4 Å². The summed E-state index contributed by atoms with van der Waals surface area (Å²) >= 11 is 0. The van der Waals surface area contributed by atoms with Crippen molar-refractivity contribution in [3.05, 3.63) is 60.3 Å². The number of benzene rings is 2. The Labute approximate surface area is 123 Å². The molecule has 1 heterocycles. The Bertz CT molecular complexity index is 805. The second kappa shape index (κ2) is 5.32. The number of carbonyl (C=O) groups excluding carboxylic acids is 1. The average molecular weight is 280 g/mol. The van der Waals surface area contributed by atoms with Crippen molar-refractivity contribution in [2.24, 2.45) is 7.05 Å². The van der Waals surface area contributed by atoms with Crippen LogP contribution in [0.4, 0.5) is 5.69 Å². The lowest BCUT2D eigenvalue weighted by molar-refractivity contribution is 0.102. The number of nitrogens with zero attached hydrogens (tertiary/aromatic N) is 1. The lowest BCUT2D eigenvalue weighted by Gasteiger charge is -2.09. The zero-order valence-electron chi connectivity index (χ0n) is 12.0. The molecule has 0 saturated heterocycles. The number of fused-ring (bicyclic) bond motifs is 1. The fourth-order valence-electron chi connectivity index (χ4n) is 2.39. The molecule has 4 nitrogen and oxygen atoms in total. The lowest BCUT2D eigenvalue weighted by Crippen LogP contribution is -2.13. The van der Waals surface area contributed by atoms with Gasteiger partial charge in [0.2, 0.25) is 0 Å². The normalized spacial score (nSPS) is 10.6. The molecule has 1 aromatic heterocycles. The SMILES string of the molecule is COc1ccccc1C(=O)Nc1ccc2c(ccn2C)c1. The zero-order chi connectivity index (χ0) is 14.8. The Kier molecular flexibility index (Phi) is 3.36. The van der Waals surface area contributed by atoms with Crippen LogP contribution >= 0.6 is 0 Å². The average Bonchev–Trinajstić information content (AvgIpc) is 2.88. The number of ether oxygens (including phenoxy) is 1. The topological polar surface area (TPSA) is 43.3 Å². The summed E-state index contributed by atoms with van der Waals surface area (Å²) in [6.45, 7) is 0. The molecule has 2 aromatic carbocycles. The number of methoxy groups -OCH3 is 1. The molecule has 0 radical (unpaired) electrons. The van der Waals surface area contributed by atoms with Crippen molar-refractivity contribution in [2.45, 2.75) is 0 Å². The van der Waals surface area contributed by atoms with Crippen molar-refractivity contribution in [3.8, 4) is 5.75 Å². The van der Waals surface area contributed by atoms with E-state index < -0.39 is 0 Å². The molecule has 106 valence electrons. The van der Waals surface area contributed by atoms with Gasteiger partial charge in [-0.1, -0.05) is 12.1 Å². The number of hydrogen-bond acceptors (Lipinski definition) is 2. The third-order valence-corrected chi connectivity index (χ3v) is 3.49. The summed E-state index contributed by atoms with van der Waals surface area (Å²) in [5, 5.41) is 4.00. The summed E-state index contributed by atoms with van der Waals surface area (Å²) in [4.78, 5) is 12.3. The molecule has 3 rings (SSSR count). The van der Waals surface area contributed by atoms with Crippen LogP contribution in [0.5, 0.6) is 5.75 Å². The van der Waals surface area contributed by atoms with Gasteiger partial charge >= 0.3 is 0 Å². The fraction of sp³-hybridized carbons (Fsp3) is 0.118. The smallest absolute Gasteiger partial charge is 0.259 e. The van der Waals surface area contributed by atoms with E-state index in [0.29, 0.717) is 11.3 Å². The number of aromatic nitrogens is 1. The van der Waals surface area contributed by atoms with Crippen LogP contribution in [0.2, 0.25) is 0 Å². The molecule has 0 atom stereocenters. The molecule has 0 saturated carbocycles. The van der Waals surface area contributed by atoms with Crippen molar-refractivity contribution in [1.29, 1.82) is 0 Å². The first kappa shape index (κ1) is 13.2. The molecule has 3 aromatic rings. The number of carbonyl (C=O) groups is 1. The van der Waals surface area contributed by atoms with Crippen LogP contribution in [0.1, 0.15) is 10.4 Å². The predicted molar refractivity (Wildman–Crippen MR) is 83.9 cm³/mol. The highest BCUT2D eigenvalue weighted by Crippen LogP contribution is 2.22. The van der Waals surface area contributed by atoms with Gasteiger partial charge in [0.25, 0.3) is 5.91 Å². The van der Waals surface area contributed by atoms with Crippen LogP contribution in [0.3, 0.4) is 0 Å². The number of rotatable bonds is 3. The van der Waals surface area contributed by atoms with Crippen LogP contribution in [0, 0.1) is 0 Å². The monoisotopic (exact) mass is 280 g/mol. The first-order valence-electron chi connectivity index (χ1n) is 6.68. The number of para-hydroxylation sites is 1. The maximum absolute atomic E-state index is 12.3. The summed E-state index contributed by atoms with van der Waals surface area (Å²) in [6.07, 6.45) is 2.00. The number of aryl methyl sites for hydroxylation is 1. The van der Waals surface area contributed by atoms with Crippen molar-refractivity contribution in [2.75, 3.05) is 12.4 Å². The number of hydrogen-bond donors (Lipinski definition) is 1. The minimum absolute atomic E-state index is 0.178. The third kappa shape index (κ3) is 2.48. The van der Waals surface area contributed by atoms with E-state index in [9.17, 15) is 4.79 Å². The first-order chi connectivity index (χ1) is 10.2. The van der Waals surface area contributed by atoms with Crippen LogP contribution in [0.15, 0.2) is 54.7 Å². The minimum atomic E-state index is -0.178. The highest BCUT2D eigenvalue weighted by atomic mass is 16.5. The van der Waals surface area contributed by atoms with Gasteiger partial charge in [-0.25, -0.2) is 0 Å². The highest BCUT2D eigenvalue weighted by Gasteiger charge is 2.11. The van der Waals surface area contributed by atoms with E-state index in [2.05, 4.69) is 5.32 Å². The standard InChI is InChI=1S/C17H16N2O2/c1-19-10-9-12-11-13(7-8-15(12)19)18-17(20)14-5-3-4-6-16(14)21-2/h3-11H,1-2H3,(H,18,20). The lowest BCUT2D eigenvalue weighted by atomic mass is 10.1. The molecule has 0 aliphatic rings. The second-order valence-corrected chi connectivity index (χ2v) is 4.85. The molecule has 21 heavy (non-hydrogen) atoms. The Morgan fingerprint density at radius 3 is 2.76 bits per heavy atom. The van der Waals surface area contributed by atoms with Crippen molar-refractivity contribution in [1.82, 2.24) is 4.57 Å². The summed E-state index contributed by atoms with van der Waals surface area (Å²) in [6, 6.07) is 15.0. The van der Waals surface area contributed by atoms with Gasteiger partial charge in [0.15, 0.2) is 0 Å². The minimum Gasteiger partial charge on any atom is -0.496 e. The Balaban J connectivity index is 1.89. The summed E-state index contributed by atoms with van der Waals surface area (Å²) in [5.41, 5.74) is 2.42. The summed E-state index contributed by atoms with van der Waals surface area (Å²) in [5.74, 6) is 0.388. The Morgan fingerprint density at radius 1 is 1.14 bits per heavy atom. The zero-order valence-corrected chi connectivity index (χ0v) is 12.0. The molecule has 0 aliphatic heterocycles. The molecular weight excluding hydrogens is 264 g/mol. The number of anilines is 1. The predicted octanol–water partition coefficient (Wildman–Crippen LogP) is 3.44. The van der Waals surface area contributed by atoms with Crippen molar-refractivity contribution >= 4 is 22.5 Å². The molecule has 1 N–H and O–H groups in total. The van der Waals surface area contributed by atoms with E-state index >= 15 is 0 Å². The number of nitrogens with one attached hydrogen (secondary N) is 1. The first-order valence-corrected chi connectivity index (χ1v) is 6.68. The fourth-order valence-corrected chi connectivity index (χ4v) is 2.39. The van der Waals surface area contributed by atoms with Gasteiger partial charge in [0.05, 0.1) is 12.7 Å². The van der Waals surface area contributed by atoms with Crippen LogP contribution in [0.25, 0.3) is 10.9 Å². The van der Waals surface area contributed by atoms with Gasteiger partial charge in [-0.3, -0.25) is 4.79 Å². The van der Waals surface area contributed by atoms with E-state index in [0.717, 1.165) is 16.6 Å². The maximum atomic E-state index is 12.3. The van der Waals surface area contributed by atoms with Gasteiger partial charge < -0.3 is 14.6 Å². The summed E-state index contributed by atoms with van der Waals surface area (Å²) < 4.78 is 7.26. The molecule has 0 bridgehead atoms. The van der Waals surface area contributed by atoms with Crippen molar-refractivity contribution < 1.29 is 9.53 Å². The van der Waals surface area contributed by atoms with Gasteiger partial charge in [-0.15, -0.1) is 0 Å². The number of amides is 1. The van der Waals surface area contributed by atoms with E-state index in [4.69, 9.17) is 4.74 Å². The van der Waals surface area contributed by atoms with Crippen LogP contribution in [-0.4, -0.2) is 17.6 Å². The Morgan fingerprint density at radius 2 is 1.95 bits per heavy atom. The molecule has 0 fully saturated rings. The molecule has 1 amide bonds.